The van der Waals surface area contributed by atoms with E-state index < -0.39 is 0 Å². The second kappa shape index (κ2) is 7.03. The van der Waals surface area contributed by atoms with Crippen LogP contribution in [0, 0.1) is 0 Å². The molecule has 2 N–H and O–H groups in total. The Morgan fingerprint density at radius 1 is 1.10 bits per heavy atom. The van der Waals surface area contributed by atoms with Crippen LogP contribution >= 0.6 is 0 Å². The fourth-order valence-electron chi connectivity index (χ4n) is 1.63. The van der Waals surface area contributed by atoms with Gasteiger partial charge < -0.3 is 20.1 Å². The van der Waals surface area contributed by atoms with E-state index in [4.69, 9.17) is 9.47 Å². The molecule has 1 rings (SSSR count). The van der Waals surface area contributed by atoms with E-state index in [-0.39, 0.29) is 11.6 Å². The molecule has 5 nitrogen and oxygen atoms in total. The van der Waals surface area contributed by atoms with Crippen LogP contribution in [0.2, 0.25) is 0 Å². The zero-order chi connectivity index (χ0) is 15.2. The van der Waals surface area contributed by atoms with Gasteiger partial charge in [-0.15, -0.1) is 0 Å². The molecule has 2 amide bonds. The van der Waals surface area contributed by atoms with Gasteiger partial charge in [-0.05, 0) is 46.8 Å². The van der Waals surface area contributed by atoms with E-state index in [1.165, 1.54) is 0 Å². The van der Waals surface area contributed by atoms with Gasteiger partial charge in [0, 0.05) is 17.3 Å². The van der Waals surface area contributed by atoms with Gasteiger partial charge in [-0.1, -0.05) is 0 Å². The van der Waals surface area contributed by atoms with Gasteiger partial charge in [-0.25, -0.2) is 4.79 Å². The lowest BCUT2D eigenvalue weighted by Gasteiger charge is -2.21. The largest absolute Gasteiger partial charge is 0.490 e. The van der Waals surface area contributed by atoms with E-state index in [0.717, 1.165) is 0 Å². The molecule has 0 heterocycles. The van der Waals surface area contributed by atoms with Crippen LogP contribution < -0.4 is 20.1 Å². The predicted molar refractivity (Wildman–Crippen MR) is 80.7 cm³/mol. The molecule has 0 spiro atoms. The number of rotatable bonds is 5. The van der Waals surface area contributed by atoms with Crippen LogP contribution in [-0.2, 0) is 0 Å². The third-order valence-corrected chi connectivity index (χ3v) is 2.29. The molecule has 0 aliphatic heterocycles. The van der Waals surface area contributed by atoms with Gasteiger partial charge in [0.1, 0.15) is 0 Å². The molecular formula is C15H24N2O3. The van der Waals surface area contributed by atoms with Crippen molar-refractivity contribution in [1.29, 1.82) is 0 Å². The Morgan fingerprint density at radius 3 is 2.25 bits per heavy atom. The van der Waals surface area contributed by atoms with E-state index in [1.807, 2.05) is 34.6 Å². The first-order chi connectivity index (χ1) is 9.35. The van der Waals surface area contributed by atoms with Crippen molar-refractivity contribution in [1.82, 2.24) is 5.32 Å². The lowest BCUT2D eigenvalue weighted by molar-refractivity contribution is 0.244. The predicted octanol–water partition coefficient (Wildman–Crippen LogP) is 3.40. The van der Waals surface area contributed by atoms with Crippen LogP contribution in [-0.4, -0.2) is 24.8 Å². The van der Waals surface area contributed by atoms with Crippen molar-refractivity contribution in [3.8, 4) is 11.5 Å². The highest BCUT2D eigenvalue weighted by Gasteiger charge is 2.14. The molecule has 5 heteroatoms. The van der Waals surface area contributed by atoms with Crippen molar-refractivity contribution in [2.45, 2.75) is 40.2 Å². The van der Waals surface area contributed by atoms with Crippen LogP contribution in [0.3, 0.4) is 0 Å². The maximum Gasteiger partial charge on any atom is 0.319 e. The van der Waals surface area contributed by atoms with Crippen molar-refractivity contribution in [3.05, 3.63) is 18.2 Å². The van der Waals surface area contributed by atoms with Gasteiger partial charge >= 0.3 is 6.03 Å². The van der Waals surface area contributed by atoms with Gasteiger partial charge in [0.2, 0.25) is 0 Å². The van der Waals surface area contributed by atoms with Crippen molar-refractivity contribution in [3.63, 3.8) is 0 Å². The molecule has 1 aromatic rings. The molecule has 0 bridgehead atoms. The standard InChI is InChI=1S/C15H24N2O3/c1-6-19-12-9-8-11(10-13(12)20-7-2)16-14(18)17-15(3,4)5/h8-10H,6-7H2,1-5H3,(H2,16,17,18). The third-order valence-electron chi connectivity index (χ3n) is 2.29. The van der Waals surface area contributed by atoms with Crippen LogP contribution in [0.5, 0.6) is 11.5 Å². The number of anilines is 1. The van der Waals surface area contributed by atoms with E-state index in [1.54, 1.807) is 18.2 Å². The second-order valence-corrected chi connectivity index (χ2v) is 5.36. The molecule has 0 aromatic heterocycles. The van der Waals surface area contributed by atoms with Gasteiger partial charge in [0.15, 0.2) is 11.5 Å². The van der Waals surface area contributed by atoms with Gasteiger partial charge in [0.25, 0.3) is 0 Å². The normalized spacial score (nSPS) is 10.8. The van der Waals surface area contributed by atoms with Crippen LogP contribution in [0.25, 0.3) is 0 Å². The summed E-state index contributed by atoms with van der Waals surface area (Å²) in [5.41, 5.74) is 0.386. The summed E-state index contributed by atoms with van der Waals surface area (Å²) in [5.74, 6) is 1.30. The summed E-state index contributed by atoms with van der Waals surface area (Å²) in [6.07, 6.45) is 0. The molecule has 0 saturated heterocycles. The molecule has 0 unspecified atom stereocenters. The number of benzene rings is 1. The van der Waals surface area contributed by atoms with Crippen molar-refractivity contribution < 1.29 is 14.3 Å². The van der Waals surface area contributed by atoms with Crippen LogP contribution in [0.15, 0.2) is 18.2 Å². The fourth-order valence-corrected chi connectivity index (χ4v) is 1.63. The number of hydrogen-bond acceptors (Lipinski definition) is 3. The Hall–Kier alpha value is -1.91. The highest BCUT2D eigenvalue weighted by Crippen LogP contribution is 2.30. The summed E-state index contributed by atoms with van der Waals surface area (Å²) in [4.78, 5) is 11.8. The summed E-state index contributed by atoms with van der Waals surface area (Å²) in [7, 11) is 0. The zero-order valence-electron chi connectivity index (χ0n) is 12.9. The fraction of sp³-hybridized carbons (Fsp3) is 0.533. The van der Waals surface area contributed by atoms with Crippen molar-refractivity contribution in [2.24, 2.45) is 0 Å². The molecule has 0 radical (unpaired) electrons. The maximum absolute atomic E-state index is 11.8. The topological polar surface area (TPSA) is 59.6 Å². The molecule has 1 aromatic carbocycles. The minimum absolute atomic E-state index is 0.246. The monoisotopic (exact) mass is 280 g/mol. The number of urea groups is 1. The third kappa shape index (κ3) is 5.38. The minimum Gasteiger partial charge on any atom is -0.490 e. The maximum atomic E-state index is 11.8. The smallest absolute Gasteiger partial charge is 0.319 e. The van der Waals surface area contributed by atoms with Crippen molar-refractivity contribution in [2.75, 3.05) is 18.5 Å². The SMILES string of the molecule is CCOc1ccc(NC(=O)NC(C)(C)C)cc1OCC. The summed E-state index contributed by atoms with van der Waals surface area (Å²) in [5, 5.41) is 5.62. The lowest BCUT2D eigenvalue weighted by atomic mass is 10.1. The Bertz CT molecular complexity index is 453. The summed E-state index contributed by atoms with van der Waals surface area (Å²) >= 11 is 0. The second-order valence-electron chi connectivity index (χ2n) is 5.36. The summed E-state index contributed by atoms with van der Waals surface area (Å²) < 4.78 is 11.0. The van der Waals surface area contributed by atoms with E-state index in [0.29, 0.717) is 30.4 Å². The molecular weight excluding hydrogens is 256 g/mol. The average molecular weight is 280 g/mol. The van der Waals surface area contributed by atoms with Gasteiger partial charge in [0.05, 0.1) is 13.2 Å². The van der Waals surface area contributed by atoms with E-state index in [9.17, 15) is 4.79 Å². The number of ether oxygens (including phenoxy) is 2. The number of carbonyl (C=O) groups is 1. The molecule has 112 valence electrons. The number of carbonyl (C=O) groups excluding carboxylic acids is 1. The summed E-state index contributed by atoms with van der Waals surface area (Å²) in [6, 6.07) is 5.09. The Kier molecular flexibility index (Phi) is 5.67. The average Bonchev–Trinajstić information content (AvgIpc) is 2.30. The van der Waals surface area contributed by atoms with E-state index >= 15 is 0 Å². The number of amides is 2. The first-order valence-corrected chi connectivity index (χ1v) is 6.84. The lowest BCUT2D eigenvalue weighted by Crippen LogP contribution is -2.43. The molecule has 20 heavy (non-hydrogen) atoms. The van der Waals surface area contributed by atoms with Crippen LogP contribution in [0.1, 0.15) is 34.6 Å². The first-order valence-electron chi connectivity index (χ1n) is 6.84. The van der Waals surface area contributed by atoms with E-state index in [2.05, 4.69) is 10.6 Å². The highest BCUT2D eigenvalue weighted by atomic mass is 16.5. The van der Waals surface area contributed by atoms with Crippen molar-refractivity contribution >= 4 is 11.7 Å². The zero-order valence-corrected chi connectivity index (χ0v) is 12.9. The molecule has 0 saturated carbocycles. The van der Waals surface area contributed by atoms with Gasteiger partial charge in [-0.2, -0.15) is 0 Å². The molecule has 0 aliphatic carbocycles. The van der Waals surface area contributed by atoms with Crippen LogP contribution in [0.4, 0.5) is 10.5 Å². The highest BCUT2D eigenvalue weighted by molar-refractivity contribution is 5.90. The molecule has 0 aliphatic rings. The number of hydrogen-bond donors (Lipinski definition) is 2. The number of nitrogens with one attached hydrogen (secondary N) is 2. The minimum atomic E-state index is -0.280. The molecule has 0 fully saturated rings. The summed E-state index contributed by atoms with van der Waals surface area (Å²) in [6.45, 7) is 10.7. The molecule has 0 atom stereocenters. The Balaban J connectivity index is 2.81. The quantitative estimate of drug-likeness (QED) is 0.869. The Labute approximate surface area is 120 Å². The van der Waals surface area contributed by atoms with Gasteiger partial charge in [-0.3, -0.25) is 0 Å². The first kappa shape index (κ1) is 16.1. The Morgan fingerprint density at radius 2 is 1.70 bits per heavy atom.